The van der Waals surface area contributed by atoms with Crippen molar-refractivity contribution >= 4 is 47.0 Å². The van der Waals surface area contributed by atoms with Gasteiger partial charge in [-0.3, -0.25) is 38.4 Å². The van der Waals surface area contributed by atoms with Crippen LogP contribution in [0.2, 0.25) is 0 Å². The van der Waals surface area contributed by atoms with Crippen molar-refractivity contribution in [3.05, 3.63) is 107 Å². The predicted molar refractivity (Wildman–Crippen MR) is 297 cm³/mol. The third-order valence-electron chi connectivity index (χ3n) is 15.4. The Labute approximate surface area is 461 Å². The number of rotatable bonds is 26. The van der Waals surface area contributed by atoms with Crippen LogP contribution in [0.1, 0.15) is 152 Å². The summed E-state index contributed by atoms with van der Waals surface area (Å²) in [6.07, 6.45) is 3.48. The van der Waals surface area contributed by atoms with Gasteiger partial charge in [-0.05, 0) is 111 Å². The summed E-state index contributed by atoms with van der Waals surface area (Å²) in [6.45, 7) is 18.7. The molecule has 5 rings (SSSR count). The lowest BCUT2D eigenvalue weighted by atomic mass is 9.85. The van der Waals surface area contributed by atoms with Crippen LogP contribution in [-0.4, -0.2) is 143 Å². The van der Waals surface area contributed by atoms with Gasteiger partial charge in [0.1, 0.15) is 23.7 Å². The maximum atomic E-state index is 14.3. The van der Waals surface area contributed by atoms with Gasteiger partial charge in [0.05, 0.1) is 6.04 Å². The second kappa shape index (κ2) is 28.5. The lowest BCUT2D eigenvalue weighted by Crippen LogP contribution is -2.59. The van der Waals surface area contributed by atoms with Crippen molar-refractivity contribution in [2.45, 2.75) is 163 Å². The maximum Gasteiger partial charge on any atom is 0.246 e. The van der Waals surface area contributed by atoms with Crippen LogP contribution in [0.15, 0.2) is 72.8 Å². The van der Waals surface area contributed by atoms with E-state index >= 15 is 0 Å². The van der Waals surface area contributed by atoms with Crippen molar-refractivity contribution < 1.29 is 47.1 Å². The Morgan fingerprint density at radius 2 is 1.00 bits per heavy atom. The van der Waals surface area contributed by atoms with Gasteiger partial charge in [0.2, 0.25) is 35.4 Å². The zero-order valence-electron chi connectivity index (χ0n) is 47.7. The summed E-state index contributed by atoms with van der Waals surface area (Å²) < 4.78 is 27.7. The molecule has 3 aromatic carbocycles. The fourth-order valence-electron chi connectivity index (χ4n) is 10.0. The van der Waals surface area contributed by atoms with E-state index in [4.69, 9.17) is 0 Å². The van der Waals surface area contributed by atoms with Crippen LogP contribution in [0.3, 0.4) is 0 Å². The van der Waals surface area contributed by atoms with Crippen LogP contribution in [0, 0.1) is 28.4 Å². The van der Waals surface area contributed by atoms with Crippen LogP contribution in [-0.2, 0) is 41.6 Å². The lowest BCUT2D eigenvalue weighted by Gasteiger charge is -2.37. The molecular formula is C61H85F2N7O8. The number of halogens is 2. The molecule has 0 aliphatic carbocycles. The first-order chi connectivity index (χ1) is 36.8. The fraction of sp³-hybridized carbons (Fsp3) is 0.574. The van der Waals surface area contributed by atoms with Gasteiger partial charge in [0.15, 0.2) is 11.6 Å². The molecule has 0 spiro atoms. The fourth-order valence-corrected chi connectivity index (χ4v) is 10.0. The Morgan fingerprint density at radius 1 is 0.603 bits per heavy atom. The Hall–Kier alpha value is -6.36. The number of carbonyl (C=O) groups is 8. The van der Waals surface area contributed by atoms with Crippen molar-refractivity contribution in [3.8, 4) is 0 Å². The summed E-state index contributed by atoms with van der Waals surface area (Å²) in [6, 6.07) is 15.5. The summed E-state index contributed by atoms with van der Waals surface area (Å²) in [7, 11) is 1.67. The molecule has 15 nitrogen and oxygen atoms in total. The maximum absolute atomic E-state index is 14.3. The van der Waals surface area contributed by atoms with E-state index in [0.29, 0.717) is 58.0 Å². The van der Waals surface area contributed by atoms with Crippen molar-refractivity contribution in [2.24, 2.45) is 16.7 Å². The zero-order valence-corrected chi connectivity index (χ0v) is 47.7. The molecule has 2 aliphatic rings. The zero-order chi connectivity index (χ0) is 57.5. The van der Waals surface area contributed by atoms with Crippen molar-refractivity contribution in [1.82, 2.24) is 35.6 Å². The number of nitrogens with zero attached hydrogens (tertiary/aromatic N) is 4. The van der Waals surface area contributed by atoms with Crippen LogP contribution < -0.4 is 16.0 Å². The number of carbonyl (C=O) groups excluding carboxylic acids is 8. The first-order valence-corrected chi connectivity index (χ1v) is 27.9. The number of ketones is 2. The summed E-state index contributed by atoms with van der Waals surface area (Å²) in [4.78, 5) is 117. The van der Waals surface area contributed by atoms with E-state index in [1.54, 1.807) is 76.0 Å². The Morgan fingerprint density at radius 3 is 1.37 bits per heavy atom. The Balaban J connectivity index is 1.26. The SMILES string of the molecule is CC[C@@H](C)C(=O)N[C@H](C(=O)N1CCC[C@H]1CN(CCc1ccc(F)cc1)C(=O)CCC(=O)c1cccc(C(=O)CCC(=O)N(CCc2ccc(F)cc2)C[C@@H]2CCCN2C(=O)[C@@H](NC(=O)[C@H](C)NC)C(C)(C)C)c1)C(C)(C)C. The molecule has 2 heterocycles. The number of Topliss-reactive ketones (excluding diaryl/α,β-unsaturated/α-hetero) is 2. The average Bonchev–Trinajstić information content (AvgIpc) is 4.13. The third kappa shape index (κ3) is 17.8. The van der Waals surface area contributed by atoms with E-state index < -0.39 is 29.0 Å². The van der Waals surface area contributed by atoms with E-state index in [1.807, 2.05) is 55.4 Å². The van der Waals surface area contributed by atoms with E-state index in [-0.39, 0.29) is 140 Å². The van der Waals surface area contributed by atoms with Crippen LogP contribution in [0.4, 0.5) is 8.78 Å². The molecule has 17 heteroatoms. The normalized spacial score (nSPS) is 17.2. The molecule has 0 saturated carbocycles. The van der Waals surface area contributed by atoms with Gasteiger partial charge in [-0.2, -0.15) is 0 Å². The first-order valence-electron chi connectivity index (χ1n) is 27.9. The number of benzene rings is 3. The largest absolute Gasteiger partial charge is 0.344 e. The van der Waals surface area contributed by atoms with Crippen molar-refractivity contribution in [1.29, 1.82) is 0 Å². The van der Waals surface area contributed by atoms with E-state index in [1.165, 1.54) is 30.3 Å². The molecule has 78 heavy (non-hydrogen) atoms. The highest BCUT2D eigenvalue weighted by Gasteiger charge is 2.42. The number of nitrogens with one attached hydrogen (secondary N) is 3. The minimum absolute atomic E-state index is 0.149. The summed E-state index contributed by atoms with van der Waals surface area (Å²) >= 11 is 0. The Kier molecular flexibility index (Phi) is 22.8. The molecule has 6 atom stereocenters. The molecule has 0 aromatic heterocycles. The predicted octanol–water partition coefficient (Wildman–Crippen LogP) is 7.73. The van der Waals surface area contributed by atoms with Gasteiger partial charge in [0.25, 0.3) is 0 Å². The Bertz CT molecular complexity index is 2390. The summed E-state index contributed by atoms with van der Waals surface area (Å²) in [5.74, 6) is -3.32. The van der Waals surface area contributed by atoms with Crippen LogP contribution >= 0.6 is 0 Å². The van der Waals surface area contributed by atoms with Gasteiger partial charge in [0, 0.05) is 94.1 Å². The molecule has 0 radical (unpaired) electrons. The minimum atomic E-state index is -0.824. The van der Waals surface area contributed by atoms with Crippen molar-refractivity contribution in [3.63, 3.8) is 0 Å². The number of likely N-dealkylation sites (N-methyl/N-ethyl adjacent to an activating group) is 1. The highest BCUT2D eigenvalue weighted by atomic mass is 19.1. The van der Waals surface area contributed by atoms with E-state index in [0.717, 1.165) is 11.1 Å². The smallest absolute Gasteiger partial charge is 0.246 e. The third-order valence-corrected chi connectivity index (χ3v) is 15.4. The minimum Gasteiger partial charge on any atom is -0.344 e. The van der Waals surface area contributed by atoms with Crippen molar-refractivity contribution in [2.75, 3.05) is 46.3 Å². The standard InChI is InChI=1S/C61H85F2N7O8/c1-11-40(2)56(75)65-54(60(4,5)6)58(77)69-33-13-17-48(69)38-67(35-31-42-19-23-46(62)24-20-42)52(73)29-27-50(71)44-15-12-16-45(37-44)51(72)28-30-53(74)68(36-32-43-21-25-47(63)26-22-43)39-49-18-14-34-70(49)59(78)55(61(7,8)9)66-57(76)41(3)64-10/h12,15-16,19-26,37,40-41,48-49,54-55,64H,11,13-14,17-18,27-36,38-39H2,1-10H3,(H,65,75)(H,66,76)/t40-,41+,48+,49+,54-,55-/m1/s1. The molecule has 2 saturated heterocycles. The number of hydrogen-bond donors (Lipinski definition) is 3. The molecule has 0 unspecified atom stereocenters. The molecular weight excluding hydrogens is 997 g/mol. The van der Waals surface area contributed by atoms with Gasteiger partial charge in [-0.25, -0.2) is 8.78 Å². The van der Waals surface area contributed by atoms with Gasteiger partial charge < -0.3 is 35.6 Å². The molecule has 2 aliphatic heterocycles. The second-order valence-corrected chi connectivity index (χ2v) is 23.4. The van der Waals surface area contributed by atoms with Gasteiger partial charge >= 0.3 is 0 Å². The van der Waals surface area contributed by atoms with Crippen LogP contribution in [0.5, 0.6) is 0 Å². The number of amides is 6. The molecule has 6 amide bonds. The molecule has 2 fully saturated rings. The molecule has 0 bridgehead atoms. The average molecular weight is 1080 g/mol. The topological polar surface area (TPSA) is 186 Å². The number of likely N-dealkylation sites (tertiary alicyclic amines) is 2. The quantitative estimate of drug-likeness (QED) is 0.0677. The lowest BCUT2D eigenvalue weighted by molar-refractivity contribution is -0.142. The van der Waals surface area contributed by atoms with Gasteiger partial charge in [-0.15, -0.1) is 0 Å². The number of hydrogen-bond acceptors (Lipinski definition) is 9. The van der Waals surface area contributed by atoms with Gasteiger partial charge in [-0.1, -0.05) is 97.9 Å². The molecule has 3 aromatic rings. The van der Waals surface area contributed by atoms with E-state index in [2.05, 4.69) is 16.0 Å². The summed E-state index contributed by atoms with van der Waals surface area (Å²) in [5.41, 5.74) is 0.872. The molecule has 426 valence electrons. The monoisotopic (exact) mass is 1080 g/mol. The summed E-state index contributed by atoms with van der Waals surface area (Å²) in [5, 5.41) is 8.86. The molecule has 3 N–H and O–H groups in total. The highest BCUT2D eigenvalue weighted by Crippen LogP contribution is 2.29. The van der Waals surface area contributed by atoms with Crippen LogP contribution in [0.25, 0.3) is 0 Å². The van der Waals surface area contributed by atoms with E-state index in [9.17, 15) is 47.1 Å². The first kappa shape index (κ1) is 62.5. The second-order valence-electron chi connectivity index (χ2n) is 23.4. The highest BCUT2D eigenvalue weighted by molar-refractivity contribution is 6.03.